The van der Waals surface area contributed by atoms with Crippen molar-refractivity contribution in [1.82, 2.24) is 0 Å². The third kappa shape index (κ3) is 72.8. The highest BCUT2D eigenvalue weighted by atomic mass is 31.2. The number of hydrogen-bond acceptors (Lipinski definition) is 15. The summed E-state index contributed by atoms with van der Waals surface area (Å²) in [6.45, 7) is 12.0. The first-order valence-electron chi connectivity index (χ1n) is 41.4. The van der Waals surface area contributed by atoms with Crippen molar-refractivity contribution < 1.29 is 80.2 Å². The molecule has 0 rings (SSSR count). The smallest absolute Gasteiger partial charge is 0.462 e. The molecule has 0 aromatic heterocycles. The number of aliphatic hydroxyl groups excluding tert-OH is 1. The molecule has 0 aromatic carbocycles. The average Bonchev–Trinajstić information content (AvgIpc) is 0.992. The lowest BCUT2D eigenvalue weighted by Crippen LogP contribution is -2.30. The fourth-order valence-electron chi connectivity index (χ4n) is 12.3. The maximum atomic E-state index is 13.1. The summed E-state index contributed by atoms with van der Waals surface area (Å²) in [5, 5.41) is 10.6. The zero-order chi connectivity index (χ0) is 73.0. The van der Waals surface area contributed by atoms with E-state index >= 15 is 0 Å². The van der Waals surface area contributed by atoms with E-state index in [4.69, 9.17) is 37.0 Å². The Balaban J connectivity index is 5.21. The molecular formula is C80H156O17P2. The second-order valence-electron chi connectivity index (χ2n) is 30.0. The van der Waals surface area contributed by atoms with Gasteiger partial charge < -0.3 is 33.8 Å². The molecule has 0 amide bonds. The molecule has 0 aliphatic rings. The standard InChI is InChI=1S/C80H156O17P2/c1-8-10-11-12-13-14-15-22-26-33-42-49-56-63-79(84)97-76(68-91-78(83)62-55-48-41-36-35-38-45-52-59-72(5)6)70-95-99(88,89)93-66-74(81)65-92-98(86,87)94-69-75(67-90-77(82)61-54-47-40-32-29-28-30-37-44-51-58-71(3)4)96-80(85)64-57-50-43-34-27-24-21-19-17-16-18-20-23-25-31-39-46-53-60-73(7)9-2/h71-76,81H,8-70H2,1-7H3,(H,86,87)(H,88,89)/t73?,74-,75-,76-/m1/s1. The van der Waals surface area contributed by atoms with Gasteiger partial charge in [-0.25, -0.2) is 9.13 Å². The van der Waals surface area contributed by atoms with Gasteiger partial charge in [0, 0.05) is 25.7 Å². The molecule has 17 nitrogen and oxygen atoms in total. The number of ether oxygens (including phenoxy) is 4. The molecule has 588 valence electrons. The molecule has 0 spiro atoms. The van der Waals surface area contributed by atoms with Crippen molar-refractivity contribution in [2.75, 3.05) is 39.6 Å². The molecule has 0 aliphatic heterocycles. The summed E-state index contributed by atoms with van der Waals surface area (Å²) in [6.07, 6.45) is 58.3. The van der Waals surface area contributed by atoms with E-state index in [2.05, 4.69) is 48.5 Å². The topological polar surface area (TPSA) is 237 Å². The molecule has 0 saturated carbocycles. The molecule has 3 unspecified atom stereocenters. The van der Waals surface area contributed by atoms with E-state index in [9.17, 15) is 43.2 Å². The third-order valence-electron chi connectivity index (χ3n) is 19.0. The van der Waals surface area contributed by atoms with Crippen molar-refractivity contribution in [3.63, 3.8) is 0 Å². The quantitative estimate of drug-likeness (QED) is 0.0222. The van der Waals surface area contributed by atoms with Gasteiger partial charge in [-0.1, -0.05) is 363 Å². The fraction of sp³-hybridized carbons (Fsp3) is 0.950. The molecule has 0 radical (unpaired) electrons. The van der Waals surface area contributed by atoms with Gasteiger partial charge in [0.05, 0.1) is 26.4 Å². The van der Waals surface area contributed by atoms with E-state index < -0.39 is 97.5 Å². The van der Waals surface area contributed by atoms with Crippen molar-refractivity contribution in [3.8, 4) is 0 Å². The van der Waals surface area contributed by atoms with Crippen LogP contribution in [0.15, 0.2) is 0 Å². The molecule has 3 N–H and O–H groups in total. The lowest BCUT2D eigenvalue weighted by Gasteiger charge is -2.21. The Labute approximate surface area is 607 Å². The lowest BCUT2D eigenvalue weighted by atomic mass is 9.99. The Morgan fingerprint density at radius 1 is 0.293 bits per heavy atom. The Bertz CT molecular complexity index is 1920. The Kier molecular flexibility index (Phi) is 69.0. The Morgan fingerprint density at radius 3 is 0.768 bits per heavy atom. The van der Waals surface area contributed by atoms with Crippen LogP contribution < -0.4 is 0 Å². The lowest BCUT2D eigenvalue weighted by molar-refractivity contribution is -0.161. The zero-order valence-corrected chi connectivity index (χ0v) is 66.8. The molecule has 0 heterocycles. The normalized spacial score (nSPS) is 14.3. The second kappa shape index (κ2) is 70.4. The number of phosphoric acid groups is 2. The molecule has 6 atom stereocenters. The van der Waals surface area contributed by atoms with E-state index in [1.807, 2.05) is 0 Å². The number of phosphoric ester groups is 2. The number of esters is 4. The molecular weight excluding hydrogens is 1290 g/mol. The first kappa shape index (κ1) is 97.1. The van der Waals surface area contributed by atoms with Crippen molar-refractivity contribution in [3.05, 3.63) is 0 Å². The predicted octanol–water partition coefficient (Wildman–Crippen LogP) is 23.7. The van der Waals surface area contributed by atoms with Crippen molar-refractivity contribution >= 4 is 39.5 Å². The van der Waals surface area contributed by atoms with Crippen molar-refractivity contribution in [2.45, 2.75) is 433 Å². The van der Waals surface area contributed by atoms with E-state index in [0.717, 1.165) is 108 Å². The van der Waals surface area contributed by atoms with Crippen LogP contribution in [0.5, 0.6) is 0 Å². The number of carbonyl (C=O) groups excluding carboxylic acids is 4. The minimum absolute atomic E-state index is 0.107. The van der Waals surface area contributed by atoms with Crippen LogP contribution in [0.4, 0.5) is 0 Å². The van der Waals surface area contributed by atoms with Crippen LogP contribution in [0.25, 0.3) is 0 Å². The number of hydrogen-bond donors (Lipinski definition) is 3. The first-order chi connectivity index (χ1) is 47.8. The van der Waals surface area contributed by atoms with Gasteiger partial charge in [-0.2, -0.15) is 0 Å². The zero-order valence-electron chi connectivity index (χ0n) is 65.0. The van der Waals surface area contributed by atoms with Crippen LogP contribution in [-0.4, -0.2) is 96.7 Å². The SMILES string of the molecule is CCCCCCCCCCCCCCCC(=O)O[C@H](COC(=O)CCCCCCCCCCC(C)C)COP(=O)(O)OC[C@H](O)COP(=O)(O)OC[C@@H](COC(=O)CCCCCCCCCCCCC(C)C)OC(=O)CCCCCCCCCCCCCCCCCCCCC(C)CC. The average molecular weight is 1450 g/mol. The van der Waals surface area contributed by atoms with Crippen LogP contribution >= 0.6 is 15.6 Å². The Morgan fingerprint density at radius 2 is 0.515 bits per heavy atom. The minimum atomic E-state index is -4.96. The summed E-state index contributed by atoms with van der Waals surface area (Å²) >= 11 is 0. The van der Waals surface area contributed by atoms with Gasteiger partial charge in [0.2, 0.25) is 0 Å². The number of carbonyl (C=O) groups is 4. The summed E-state index contributed by atoms with van der Waals surface area (Å²) < 4.78 is 68.7. The van der Waals surface area contributed by atoms with E-state index in [1.54, 1.807) is 0 Å². The first-order valence-corrected chi connectivity index (χ1v) is 44.4. The highest BCUT2D eigenvalue weighted by Crippen LogP contribution is 2.45. The van der Waals surface area contributed by atoms with Gasteiger partial charge in [-0.05, 0) is 43.4 Å². The number of aliphatic hydroxyl groups is 1. The van der Waals surface area contributed by atoms with E-state index in [1.165, 1.54) is 225 Å². The van der Waals surface area contributed by atoms with Gasteiger partial charge in [0.1, 0.15) is 19.3 Å². The molecule has 19 heteroatoms. The van der Waals surface area contributed by atoms with E-state index in [-0.39, 0.29) is 25.7 Å². The van der Waals surface area contributed by atoms with Crippen molar-refractivity contribution in [1.29, 1.82) is 0 Å². The van der Waals surface area contributed by atoms with Crippen LogP contribution in [-0.2, 0) is 65.4 Å². The number of unbranched alkanes of at least 4 members (excludes halogenated alkanes) is 45. The molecule has 0 fully saturated rings. The minimum Gasteiger partial charge on any atom is -0.462 e. The van der Waals surface area contributed by atoms with Gasteiger partial charge in [0.25, 0.3) is 0 Å². The second-order valence-corrected chi connectivity index (χ2v) is 32.9. The van der Waals surface area contributed by atoms with Crippen LogP contribution in [0.1, 0.15) is 414 Å². The maximum Gasteiger partial charge on any atom is 0.472 e. The molecule has 0 aliphatic carbocycles. The summed E-state index contributed by atoms with van der Waals surface area (Å²) in [4.78, 5) is 72.9. The summed E-state index contributed by atoms with van der Waals surface area (Å²) in [5.74, 6) is 0.243. The van der Waals surface area contributed by atoms with Crippen LogP contribution in [0.2, 0.25) is 0 Å². The van der Waals surface area contributed by atoms with Crippen LogP contribution in [0, 0.1) is 17.8 Å². The molecule has 99 heavy (non-hydrogen) atoms. The van der Waals surface area contributed by atoms with Gasteiger partial charge in [-0.3, -0.25) is 37.3 Å². The summed E-state index contributed by atoms with van der Waals surface area (Å²) in [6, 6.07) is 0. The molecule has 0 aromatic rings. The highest BCUT2D eigenvalue weighted by Gasteiger charge is 2.30. The molecule has 0 saturated heterocycles. The van der Waals surface area contributed by atoms with E-state index in [0.29, 0.717) is 25.7 Å². The maximum absolute atomic E-state index is 13.1. The highest BCUT2D eigenvalue weighted by molar-refractivity contribution is 7.47. The fourth-order valence-corrected chi connectivity index (χ4v) is 13.9. The Hall–Kier alpha value is -1.94. The van der Waals surface area contributed by atoms with Gasteiger partial charge in [-0.15, -0.1) is 0 Å². The van der Waals surface area contributed by atoms with Gasteiger partial charge >= 0.3 is 39.5 Å². The van der Waals surface area contributed by atoms with Crippen LogP contribution in [0.3, 0.4) is 0 Å². The summed E-state index contributed by atoms with van der Waals surface area (Å²) in [5.41, 5.74) is 0. The van der Waals surface area contributed by atoms with Gasteiger partial charge in [0.15, 0.2) is 12.2 Å². The largest absolute Gasteiger partial charge is 0.472 e. The monoisotopic (exact) mass is 1450 g/mol. The predicted molar refractivity (Wildman–Crippen MR) is 405 cm³/mol. The third-order valence-corrected chi connectivity index (χ3v) is 20.9. The number of rotatable bonds is 78. The summed E-state index contributed by atoms with van der Waals surface area (Å²) in [7, 11) is -9.92. The molecule has 0 bridgehead atoms. The van der Waals surface area contributed by atoms with Crippen molar-refractivity contribution in [2.24, 2.45) is 17.8 Å².